The fourth-order valence-corrected chi connectivity index (χ4v) is 1.15. The Morgan fingerprint density at radius 1 is 1.62 bits per heavy atom. The molecule has 13 heavy (non-hydrogen) atoms. The molecule has 1 heterocycles. The first-order valence-corrected chi connectivity index (χ1v) is 4.14. The van der Waals surface area contributed by atoms with Gasteiger partial charge in [-0.25, -0.2) is 0 Å². The van der Waals surface area contributed by atoms with Crippen molar-refractivity contribution in [3.63, 3.8) is 0 Å². The summed E-state index contributed by atoms with van der Waals surface area (Å²) in [6.07, 6.45) is 2.90. The molecule has 0 aliphatic heterocycles. The van der Waals surface area contributed by atoms with Gasteiger partial charge in [0.05, 0.1) is 5.69 Å². The van der Waals surface area contributed by atoms with Gasteiger partial charge in [0.25, 0.3) is 0 Å². The summed E-state index contributed by atoms with van der Waals surface area (Å²) in [5.41, 5.74) is 5.77. The van der Waals surface area contributed by atoms with Crippen LogP contribution in [0.25, 0.3) is 0 Å². The molecular formula is C9H12N2O2. The number of aryl methyl sites for hydroxylation is 1. The van der Waals surface area contributed by atoms with Crippen molar-refractivity contribution in [3.8, 4) is 0 Å². The molecule has 0 saturated carbocycles. The summed E-state index contributed by atoms with van der Waals surface area (Å²) < 4.78 is 1.74. The summed E-state index contributed by atoms with van der Waals surface area (Å²) in [4.78, 5) is 21.3. The van der Waals surface area contributed by atoms with Gasteiger partial charge in [0.2, 0.25) is 5.78 Å². The fourth-order valence-electron chi connectivity index (χ4n) is 1.15. The van der Waals surface area contributed by atoms with Crippen molar-refractivity contribution in [1.82, 2.24) is 4.57 Å². The quantitative estimate of drug-likeness (QED) is 0.400. The van der Waals surface area contributed by atoms with Gasteiger partial charge in [-0.3, -0.25) is 9.59 Å². The number of aldehydes is 1. The van der Waals surface area contributed by atoms with Gasteiger partial charge >= 0.3 is 0 Å². The van der Waals surface area contributed by atoms with Crippen LogP contribution in [-0.4, -0.2) is 23.2 Å². The molecule has 0 aliphatic carbocycles. The normalized spacial score (nSPS) is 9.92. The summed E-state index contributed by atoms with van der Waals surface area (Å²) >= 11 is 0. The molecule has 0 spiro atoms. The zero-order valence-corrected chi connectivity index (χ0v) is 7.27. The van der Waals surface area contributed by atoms with E-state index in [1.807, 2.05) is 0 Å². The van der Waals surface area contributed by atoms with Gasteiger partial charge in [-0.15, -0.1) is 0 Å². The average Bonchev–Trinajstić information content (AvgIpc) is 2.61. The predicted molar refractivity (Wildman–Crippen MR) is 48.5 cm³/mol. The van der Waals surface area contributed by atoms with Crippen molar-refractivity contribution in [2.75, 3.05) is 6.54 Å². The molecule has 70 valence electrons. The number of carbonyl (C=O) groups is 2. The van der Waals surface area contributed by atoms with Crippen LogP contribution < -0.4 is 5.73 Å². The lowest BCUT2D eigenvalue weighted by atomic mass is 10.3. The predicted octanol–water partition coefficient (Wildman–Crippen LogP) is 0.218. The van der Waals surface area contributed by atoms with E-state index in [0.717, 1.165) is 6.42 Å². The van der Waals surface area contributed by atoms with E-state index in [4.69, 9.17) is 5.73 Å². The molecule has 0 amide bonds. The summed E-state index contributed by atoms with van der Waals surface area (Å²) in [6.45, 7) is 1.26. The van der Waals surface area contributed by atoms with Crippen LogP contribution in [0.15, 0.2) is 18.3 Å². The Labute approximate surface area is 76.3 Å². The monoisotopic (exact) mass is 180 g/mol. The molecule has 4 nitrogen and oxygen atoms in total. The molecule has 0 bridgehead atoms. The lowest BCUT2D eigenvalue weighted by Gasteiger charge is -2.04. The van der Waals surface area contributed by atoms with Gasteiger partial charge in [0, 0.05) is 12.7 Å². The maximum atomic E-state index is 11.0. The minimum Gasteiger partial charge on any atom is -0.345 e. The number of rotatable bonds is 5. The number of hydrogen-bond donors (Lipinski definition) is 1. The summed E-state index contributed by atoms with van der Waals surface area (Å²) in [5, 5.41) is 0. The van der Waals surface area contributed by atoms with E-state index in [2.05, 4.69) is 0 Å². The minimum absolute atomic E-state index is 0.328. The van der Waals surface area contributed by atoms with Crippen LogP contribution in [0.1, 0.15) is 16.9 Å². The number of aromatic nitrogens is 1. The van der Waals surface area contributed by atoms with E-state index < -0.39 is 5.78 Å². The number of ketones is 1. The second-order valence-electron chi connectivity index (χ2n) is 2.71. The lowest BCUT2D eigenvalue weighted by Crippen LogP contribution is -2.11. The van der Waals surface area contributed by atoms with Crippen molar-refractivity contribution in [2.24, 2.45) is 5.73 Å². The molecular weight excluding hydrogens is 168 g/mol. The number of hydrogen-bond acceptors (Lipinski definition) is 3. The Kier molecular flexibility index (Phi) is 3.40. The Bertz CT molecular complexity index is 304. The third kappa shape index (κ3) is 2.26. The van der Waals surface area contributed by atoms with Crippen molar-refractivity contribution in [2.45, 2.75) is 13.0 Å². The molecule has 0 saturated heterocycles. The van der Waals surface area contributed by atoms with Crippen LogP contribution in [0.5, 0.6) is 0 Å². The van der Waals surface area contributed by atoms with Crippen molar-refractivity contribution >= 4 is 12.1 Å². The highest BCUT2D eigenvalue weighted by Gasteiger charge is 2.08. The van der Waals surface area contributed by atoms with E-state index in [-0.39, 0.29) is 0 Å². The molecule has 1 aromatic rings. The molecule has 0 unspecified atom stereocenters. The second-order valence-corrected chi connectivity index (χ2v) is 2.71. The second kappa shape index (κ2) is 4.57. The number of nitrogens with zero attached hydrogens (tertiary/aromatic N) is 1. The van der Waals surface area contributed by atoms with Gasteiger partial charge in [0.1, 0.15) is 0 Å². The highest BCUT2D eigenvalue weighted by atomic mass is 16.2. The molecule has 1 aromatic heterocycles. The van der Waals surface area contributed by atoms with Gasteiger partial charge in [-0.1, -0.05) is 0 Å². The van der Waals surface area contributed by atoms with Crippen molar-refractivity contribution in [1.29, 1.82) is 0 Å². The molecule has 4 heteroatoms. The molecule has 1 rings (SSSR count). The van der Waals surface area contributed by atoms with Crippen LogP contribution in [0.3, 0.4) is 0 Å². The summed E-state index contributed by atoms with van der Waals surface area (Å²) in [5.74, 6) is -0.484. The van der Waals surface area contributed by atoms with Crippen LogP contribution in [-0.2, 0) is 11.3 Å². The first-order chi connectivity index (χ1) is 6.29. The maximum Gasteiger partial charge on any atom is 0.241 e. The molecule has 0 aliphatic rings. The number of nitrogens with two attached hydrogens (primary N) is 1. The summed E-state index contributed by atoms with van der Waals surface area (Å²) in [7, 11) is 0. The third-order valence-electron chi connectivity index (χ3n) is 1.79. The standard InChI is InChI=1S/C9H12N2O2/c10-4-2-6-11-5-1-3-8(11)9(13)7-12/h1,3,5,7H,2,4,6,10H2. The Morgan fingerprint density at radius 2 is 2.38 bits per heavy atom. The van der Waals surface area contributed by atoms with Crippen LogP contribution in [0, 0.1) is 0 Å². The number of carbonyl (C=O) groups excluding carboxylic acids is 2. The van der Waals surface area contributed by atoms with Gasteiger partial charge in [-0.2, -0.15) is 0 Å². The minimum atomic E-state index is -0.484. The molecule has 2 N–H and O–H groups in total. The van der Waals surface area contributed by atoms with Crippen LogP contribution in [0.4, 0.5) is 0 Å². The van der Waals surface area contributed by atoms with Crippen LogP contribution in [0.2, 0.25) is 0 Å². The van der Waals surface area contributed by atoms with E-state index in [1.54, 1.807) is 22.9 Å². The summed E-state index contributed by atoms with van der Waals surface area (Å²) in [6, 6.07) is 3.38. The molecule has 0 radical (unpaired) electrons. The van der Waals surface area contributed by atoms with Crippen molar-refractivity contribution in [3.05, 3.63) is 24.0 Å². The average molecular weight is 180 g/mol. The van der Waals surface area contributed by atoms with Gasteiger partial charge in [-0.05, 0) is 25.1 Å². The van der Waals surface area contributed by atoms with E-state index in [1.165, 1.54) is 0 Å². The maximum absolute atomic E-state index is 11.0. The molecule has 0 aromatic carbocycles. The van der Waals surface area contributed by atoms with E-state index in [9.17, 15) is 9.59 Å². The smallest absolute Gasteiger partial charge is 0.241 e. The Hall–Kier alpha value is -1.42. The molecule has 0 fully saturated rings. The molecule has 0 atom stereocenters. The number of Topliss-reactive ketones (excluding diaryl/α,β-unsaturated/α-hetero) is 1. The first-order valence-electron chi connectivity index (χ1n) is 4.14. The first kappa shape index (κ1) is 9.67. The van der Waals surface area contributed by atoms with E-state index in [0.29, 0.717) is 25.1 Å². The van der Waals surface area contributed by atoms with Gasteiger partial charge < -0.3 is 10.3 Å². The Morgan fingerprint density at radius 3 is 3.00 bits per heavy atom. The fraction of sp³-hybridized carbons (Fsp3) is 0.333. The largest absolute Gasteiger partial charge is 0.345 e. The highest BCUT2D eigenvalue weighted by Crippen LogP contribution is 2.03. The van der Waals surface area contributed by atoms with Crippen LogP contribution >= 0.6 is 0 Å². The highest BCUT2D eigenvalue weighted by molar-refractivity contribution is 6.32. The third-order valence-corrected chi connectivity index (χ3v) is 1.79. The van der Waals surface area contributed by atoms with Crippen molar-refractivity contribution < 1.29 is 9.59 Å². The zero-order valence-electron chi connectivity index (χ0n) is 7.27. The SMILES string of the molecule is NCCCn1cccc1C(=O)C=O. The van der Waals surface area contributed by atoms with E-state index >= 15 is 0 Å². The zero-order chi connectivity index (χ0) is 9.68. The lowest BCUT2D eigenvalue weighted by molar-refractivity contribution is -0.104. The Balaban J connectivity index is 2.76. The topological polar surface area (TPSA) is 65.1 Å². The van der Waals surface area contributed by atoms with Gasteiger partial charge in [0.15, 0.2) is 6.29 Å².